The Morgan fingerprint density at radius 3 is 1.86 bits per heavy atom. The second-order valence-electron chi connectivity index (χ2n) is 11.0. The number of amides is 1. The van der Waals surface area contributed by atoms with Gasteiger partial charge in [-0.05, 0) is 56.7 Å². The van der Waals surface area contributed by atoms with E-state index in [0.717, 1.165) is 12.8 Å². The van der Waals surface area contributed by atoms with Crippen LogP contribution in [0, 0.1) is 0 Å². The fraction of sp³-hybridized carbons (Fsp3) is 0.406. The molecule has 0 aliphatic carbocycles. The maximum atomic E-state index is 13.1. The predicted molar refractivity (Wildman–Crippen MR) is 148 cm³/mol. The van der Waals surface area contributed by atoms with Crippen LogP contribution in [0.2, 0.25) is 0 Å². The van der Waals surface area contributed by atoms with E-state index < -0.39 is 11.7 Å². The molecule has 5 nitrogen and oxygen atoms in total. The summed E-state index contributed by atoms with van der Waals surface area (Å²) in [5.74, 6) is 0. The first-order valence-corrected chi connectivity index (χ1v) is 13.3. The van der Waals surface area contributed by atoms with Crippen molar-refractivity contribution in [1.82, 2.24) is 9.80 Å². The van der Waals surface area contributed by atoms with Gasteiger partial charge in [0, 0.05) is 25.7 Å². The summed E-state index contributed by atoms with van der Waals surface area (Å²) in [7, 11) is 0. The van der Waals surface area contributed by atoms with E-state index in [4.69, 9.17) is 4.74 Å². The molecule has 0 saturated carbocycles. The molecule has 4 rings (SSSR count). The van der Waals surface area contributed by atoms with Crippen molar-refractivity contribution < 1.29 is 14.6 Å². The topological polar surface area (TPSA) is 53.0 Å². The van der Waals surface area contributed by atoms with Crippen LogP contribution in [0.5, 0.6) is 0 Å². The van der Waals surface area contributed by atoms with Crippen molar-refractivity contribution >= 4 is 6.09 Å². The summed E-state index contributed by atoms with van der Waals surface area (Å²) < 4.78 is 5.71. The Balaban J connectivity index is 1.67. The van der Waals surface area contributed by atoms with Gasteiger partial charge in [0.15, 0.2) is 0 Å². The molecule has 1 fully saturated rings. The number of hydrogen-bond donors (Lipinski definition) is 1. The second kappa shape index (κ2) is 12.4. The van der Waals surface area contributed by atoms with E-state index in [9.17, 15) is 9.90 Å². The fourth-order valence-electron chi connectivity index (χ4n) is 5.20. The third kappa shape index (κ3) is 7.67. The average molecular weight is 501 g/mol. The zero-order chi connectivity index (χ0) is 26.3. The van der Waals surface area contributed by atoms with Gasteiger partial charge in [-0.1, -0.05) is 91.0 Å². The highest BCUT2D eigenvalue weighted by molar-refractivity contribution is 5.69. The first kappa shape index (κ1) is 26.9. The smallest absolute Gasteiger partial charge is 0.410 e. The van der Waals surface area contributed by atoms with Gasteiger partial charge in [0.2, 0.25) is 0 Å². The summed E-state index contributed by atoms with van der Waals surface area (Å²) in [6.45, 7) is 7.64. The van der Waals surface area contributed by atoms with Crippen molar-refractivity contribution in [3.8, 4) is 0 Å². The summed E-state index contributed by atoms with van der Waals surface area (Å²) in [5.41, 5.74) is 2.98. The number of ether oxygens (including phenoxy) is 1. The molecule has 0 bridgehead atoms. The van der Waals surface area contributed by atoms with Crippen LogP contribution >= 0.6 is 0 Å². The molecule has 1 heterocycles. The van der Waals surface area contributed by atoms with Crippen molar-refractivity contribution in [2.75, 3.05) is 6.54 Å². The standard InChI is InChI=1S/C32H40N2O3/c1-32(2,3)37-31(36)34-21-13-20-28(34)30(35)29(22-25-14-7-4-8-15-25)33(23-26-16-9-5-10-17-26)24-27-18-11-6-12-19-27/h4-12,14-19,28-30,35H,13,20-24H2,1-3H3/t28-,29-,30+/m1/s1. The number of rotatable bonds is 9. The van der Waals surface area contributed by atoms with Gasteiger partial charge in [-0.15, -0.1) is 0 Å². The predicted octanol–water partition coefficient (Wildman–Crippen LogP) is 6.06. The second-order valence-corrected chi connectivity index (χ2v) is 11.0. The van der Waals surface area contributed by atoms with Crippen molar-refractivity contribution in [2.24, 2.45) is 0 Å². The lowest BCUT2D eigenvalue weighted by molar-refractivity contribution is -0.0250. The molecule has 1 N–H and O–H groups in total. The van der Waals surface area contributed by atoms with E-state index in [1.54, 1.807) is 4.90 Å². The van der Waals surface area contributed by atoms with E-state index in [2.05, 4.69) is 65.6 Å². The Morgan fingerprint density at radius 2 is 1.38 bits per heavy atom. The average Bonchev–Trinajstić information content (AvgIpc) is 3.38. The summed E-state index contributed by atoms with van der Waals surface area (Å²) in [6, 6.07) is 30.6. The molecule has 3 aromatic carbocycles. The van der Waals surface area contributed by atoms with Crippen LogP contribution in [-0.2, 0) is 24.2 Å². The summed E-state index contributed by atoms with van der Waals surface area (Å²) >= 11 is 0. The third-order valence-electron chi connectivity index (χ3n) is 6.93. The van der Waals surface area contributed by atoms with Gasteiger partial charge >= 0.3 is 6.09 Å². The van der Waals surface area contributed by atoms with E-state index in [0.29, 0.717) is 26.1 Å². The van der Waals surface area contributed by atoms with Crippen LogP contribution in [0.4, 0.5) is 4.79 Å². The quantitative estimate of drug-likeness (QED) is 0.388. The minimum Gasteiger partial charge on any atom is -0.444 e. The number of likely N-dealkylation sites (tertiary alicyclic amines) is 1. The van der Waals surface area contributed by atoms with Gasteiger partial charge in [0.1, 0.15) is 5.60 Å². The van der Waals surface area contributed by atoms with Crippen LogP contribution in [0.15, 0.2) is 91.0 Å². The molecule has 1 aliphatic rings. The molecule has 196 valence electrons. The summed E-state index contributed by atoms with van der Waals surface area (Å²) in [6.07, 6.45) is 1.22. The third-order valence-corrected chi connectivity index (χ3v) is 6.93. The van der Waals surface area contributed by atoms with Gasteiger partial charge < -0.3 is 14.7 Å². The van der Waals surface area contributed by atoms with E-state index >= 15 is 0 Å². The highest BCUT2D eigenvalue weighted by Crippen LogP contribution is 2.29. The van der Waals surface area contributed by atoms with Crippen molar-refractivity contribution in [3.63, 3.8) is 0 Å². The lowest BCUT2D eigenvalue weighted by atomic mass is 9.92. The monoisotopic (exact) mass is 500 g/mol. The van der Waals surface area contributed by atoms with Gasteiger partial charge in [0.25, 0.3) is 0 Å². The highest BCUT2D eigenvalue weighted by Gasteiger charge is 2.41. The molecule has 0 aromatic heterocycles. The molecule has 0 radical (unpaired) electrons. The van der Waals surface area contributed by atoms with Crippen molar-refractivity contribution in [2.45, 2.75) is 76.9 Å². The maximum Gasteiger partial charge on any atom is 0.410 e. The van der Waals surface area contributed by atoms with E-state index in [-0.39, 0.29) is 18.2 Å². The molecular formula is C32H40N2O3. The minimum atomic E-state index is -0.734. The number of nitrogens with zero attached hydrogens (tertiary/aromatic N) is 2. The summed E-state index contributed by atoms with van der Waals surface area (Å²) in [4.78, 5) is 17.2. The fourth-order valence-corrected chi connectivity index (χ4v) is 5.20. The number of benzene rings is 3. The SMILES string of the molecule is CC(C)(C)OC(=O)N1CCC[C@@H]1[C@H](O)[C@@H](Cc1ccccc1)N(Cc1ccccc1)Cc1ccccc1. The molecule has 0 spiro atoms. The van der Waals surface area contributed by atoms with E-state index in [1.807, 2.05) is 51.1 Å². The number of carbonyl (C=O) groups excluding carboxylic acids is 1. The molecule has 3 aromatic rings. The Hall–Kier alpha value is -3.15. The molecule has 37 heavy (non-hydrogen) atoms. The number of hydrogen-bond acceptors (Lipinski definition) is 4. The molecule has 1 aliphatic heterocycles. The minimum absolute atomic E-state index is 0.198. The number of aliphatic hydroxyl groups excluding tert-OH is 1. The molecule has 3 atom stereocenters. The Morgan fingerprint density at radius 1 is 0.892 bits per heavy atom. The number of carbonyl (C=O) groups is 1. The van der Waals surface area contributed by atoms with Crippen LogP contribution in [0.3, 0.4) is 0 Å². The van der Waals surface area contributed by atoms with Crippen LogP contribution < -0.4 is 0 Å². The summed E-state index contributed by atoms with van der Waals surface area (Å²) in [5, 5.41) is 12.0. The first-order chi connectivity index (χ1) is 17.8. The zero-order valence-electron chi connectivity index (χ0n) is 22.3. The van der Waals surface area contributed by atoms with Crippen molar-refractivity contribution in [1.29, 1.82) is 0 Å². The van der Waals surface area contributed by atoms with E-state index in [1.165, 1.54) is 16.7 Å². The molecule has 5 heteroatoms. The highest BCUT2D eigenvalue weighted by atomic mass is 16.6. The van der Waals surface area contributed by atoms with Crippen LogP contribution in [0.25, 0.3) is 0 Å². The van der Waals surface area contributed by atoms with Crippen LogP contribution in [-0.4, -0.2) is 51.3 Å². The van der Waals surface area contributed by atoms with Gasteiger partial charge in [-0.2, -0.15) is 0 Å². The lowest BCUT2D eigenvalue weighted by Crippen LogP contribution is -2.54. The molecular weight excluding hydrogens is 460 g/mol. The maximum absolute atomic E-state index is 13.1. The van der Waals surface area contributed by atoms with Gasteiger partial charge in [-0.25, -0.2) is 4.79 Å². The zero-order valence-corrected chi connectivity index (χ0v) is 22.3. The Bertz CT molecular complexity index is 1060. The molecule has 1 saturated heterocycles. The molecule has 0 unspecified atom stereocenters. The Kier molecular flexibility index (Phi) is 9.01. The number of aliphatic hydroxyl groups is 1. The lowest BCUT2D eigenvalue weighted by Gasteiger charge is -2.40. The van der Waals surface area contributed by atoms with Crippen LogP contribution in [0.1, 0.15) is 50.3 Å². The van der Waals surface area contributed by atoms with Crippen molar-refractivity contribution in [3.05, 3.63) is 108 Å². The molecule has 1 amide bonds. The largest absolute Gasteiger partial charge is 0.444 e. The van der Waals surface area contributed by atoms with Gasteiger partial charge in [0.05, 0.1) is 12.1 Å². The Labute approximate surface area is 221 Å². The van der Waals surface area contributed by atoms with Gasteiger partial charge in [-0.3, -0.25) is 4.90 Å². The normalized spacial score (nSPS) is 17.5. The first-order valence-electron chi connectivity index (χ1n) is 13.3.